The van der Waals surface area contributed by atoms with Gasteiger partial charge in [-0.15, -0.1) is 0 Å². The number of carboxylic acids is 2. The average molecular weight is 389 g/mol. The lowest BCUT2D eigenvalue weighted by Crippen LogP contribution is -2.17. The van der Waals surface area contributed by atoms with Crippen molar-refractivity contribution in [2.75, 3.05) is 7.11 Å². The van der Waals surface area contributed by atoms with E-state index >= 15 is 0 Å². The molecule has 0 aliphatic carbocycles. The minimum absolute atomic E-state index is 0.237. The zero-order valence-electron chi connectivity index (χ0n) is 14.8. The number of methoxy groups -OCH3 is 1. The topological polar surface area (TPSA) is 83.8 Å². The summed E-state index contributed by atoms with van der Waals surface area (Å²) in [6.45, 7) is 0. The number of benzene rings is 2. The van der Waals surface area contributed by atoms with Crippen LogP contribution in [0.25, 0.3) is 0 Å². The summed E-state index contributed by atoms with van der Waals surface area (Å²) in [4.78, 5) is 23.1. The summed E-state index contributed by atoms with van der Waals surface area (Å²) in [5.74, 6) is -2.98. The molecule has 2 atom stereocenters. The summed E-state index contributed by atoms with van der Waals surface area (Å²) in [5, 5.41) is 19.5. The first-order valence-electron chi connectivity index (χ1n) is 8.40. The van der Waals surface area contributed by atoms with Crippen LogP contribution in [0.2, 0.25) is 5.02 Å². The van der Waals surface area contributed by atoms with Crippen LogP contribution in [0.3, 0.4) is 0 Å². The van der Waals surface area contributed by atoms with E-state index in [4.69, 9.17) is 16.3 Å². The largest absolute Gasteiger partial charge is 0.497 e. The van der Waals surface area contributed by atoms with Crippen LogP contribution in [0.4, 0.5) is 0 Å². The molecular weight excluding hydrogens is 368 g/mol. The van der Waals surface area contributed by atoms with Crippen molar-refractivity contribution in [2.45, 2.75) is 12.8 Å². The van der Waals surface area contributed by atoms with E-state index in [9.17, 15) is 19.8 Å². The van der Waals surface area contributed by atoms with Crippen molar-refractivity contribution in [2.24, 2.45) is 11.8 Å². The molecule has 2 aromatic carbocycles. The normalized spacial score (nSPS) is 13.3. The van der Waals surface area contributed by atoms with Crippen LogP contribution in [0.5, 0.6) is 5.75 Å². The fourth-order valence-corrected chi connectivity index (χ4v) is 2.89. The molecule has 2 N–H and O–H groups in total. The van der Waals surface area contributed by atoms with Gasteiger partial charge >= 0.3 is 11.9 Å². The molecular formula is C21H21ClO5. The lowest BCUT2D eigenvalue weighted by molar-refractivity contribution is -0.141. The number of hydrogen-bond acceptors (Lipinski definition) is 3. The Labute approximate surface area is 162 Å². The number of carboxylic acid groups (broad SMARTS) is 2. The SMILES string of the molecule is COc1ccc(C[C@@H](C=C[C@H](Cc2cccc(Cl)c2)C(=O)O)C(=O)O)cc1. The minimum Gasteiger partial charge on any atom is -0.497 e. The van der Waals surface area contributed by atoms with Crippen molar-refractivity contribution in [1.82, 2.24) is 0 Å². The molecule has 0 radical (unpaired) electrons. The summed E-state index contributed by atoms with van der Waals surface area (Å²) in [5.41, 5.74) is 1.61. The quantitative estimate of drug-likeness (QED) is 0.632. The van der Waals surface area contributed by atoms with Gasteiger partial charge in [0.05, 0.1) is 18.9 Å². The van der Waals surface area contributed by atoms with Gasteiger partial charge < -0.3 is 14.9 Å². The Hall–Kier alpha value is -2.79. The molecule has 5 nitrogen and oxygen atoms in total. The van der Waals surface area contributed by atoms with Crippen LogP contribution < -0.4 is 4.74 Å². The Kier molecular flexibility index (Phi) is 7.44. The van der Waals surface area contributed by atoms with E-state index in [2.05, 4.69) is 0 Å². The van der Waals surface area contributed by atoms with Crippen molar-refractivity contribution < 1.29 is 24.5 Å². The molecule has 0 saturated carbocycles. The third kappa shape index (κ3) is 6.46. The highest BCUT2D eigenvalue weighted by Crippen LogP contribution is 2.19. The number of halogens is 1. The molecule has 0 aromatic heterocycles. The summed E-state index contributed by atoms with van der Waals surface area (Å²) in [6, 6.07) is 14.1. The minimum atomic E-state index is -1.01. The Morgan fingerprint density at radius 3 is 2.00 bits per heavy atom. The Balaban J connectivity index is 2.11. The zero-order valence-corrected chi connectivity index (χ0v) is 15.6. The zero-order chi connectivity index (χ0) is 19.8. The highest BCUT2D eigenvalue weighted by atomic mass is 35.5. The predicted molar refractivity (Wildman–Crippen MR) is 103 cm³/mol. The number of aliphatic carboxylic acids is 2. The maximum atomic E-state index is 11.6. The molecule has 0 fully saturated rings. The summed E-state index contributed by atoms with van der Waals surface area (Å²) >= 11 is 5.94. The van der Waals surface area contributed by atoms with Gasteiger partial charge in [-0.25, -0.2) is 0 Å². The van der Waals surface area contributed by atoms with Gasteiger partial charge in [0.1, 0.15) is 5.75 Å². The summed E-state index contributed by atoms with van der Waals surface area (Å²) in [7, 11) is 1.56. The molecule has 0 unspecified atom stereocenters. The molecule has 0 heterocycles. The maximum absolute atomic E-state index is 11.6. The summed E-state index contributed by atoms with van der Waals surface area (Å²) < 4.78 is 5.09. The Morgan fingerprint density at radius 1 is 0.963 bits per heavy atom. The van der Waals surface area contributed by atoms with Crippen molar-refractivity contribution in [3.8, 4) is 5.75 Å². The maximum Gasteiger partial charge on any atom is 0.310 e. The van der Waals surface area contributed by atoms with E-state index in [0.717, 1.165) is 11.1 Å². The molecule has 0 spiro atoms. The van der Waals surface area contributed by atoms with E-state index in [0.29, 0.717) is 10.8 Å². The van der Waals surface area contributed by atoms with E-state index < -0.39 is 23.8 Å². The smallest absolute Gasteiger partial charge is 0.310 e. The molecule has 0 aliphatic rings. The number of carbonyl (C=O) groups is 2. The van der Waals surface area contributed by atoms with Crippen molar-refractivity contribution >= 4 is 23.5 Å². The standard InChI is InChI=1S/C21H21ClO5/c1-27-19-9-5-14(6-10-19)11-16(20(23)24)7-8-17(21(25)26)12-15-3-2-4-18(22)13-15/h2-10,13,16-17H,11-12H2,1H3,(H,23,24)(H,25,26)/t16-,17-/m1/s1. The number of ether oxygens (including phenoxy) is 1. The highest BCUT2D eigenvalue weighted by molar-refractivity contribution is 6.30. The van der Waals surface area contributed by atoms with Crippen LogP contribution in [-0.2, 0) is 22.4 Å². The van der Waals surface area contributed by atoms with E-state index in [-0.39, 0.29) is 12.8 Å². The molecule has 142 valence electrons. The third-order valence-corrected chi connectivity index (χ3v) is 4.40. The van der Waals surface area contributed by atoms with Crippen LogP contribution in [0, 0.1) is 11.8 Å². The molecule has 0 bridgehead atoms. The molecule has 0 saturated heterocycles. The van der Waals surface area contributed by atoms with Gasteiger partial charge in [0.25, 0.3) is 0 Å². The second kappa shape index (κ2) is 9.78. The van der Waals surface area contributed by atoms with Crippen molar-refractivity contribution in [3.05, 3.63) is 76.8 Å². The lowest BCUT2D eigenvalue weighted by Gasteiger charge is -2.11. The van der Waals surface area contributed by atoms with Crippen LogP contribution in [-0.4, -0.2) is 29.3 Å². The van der Waals surface area contributed by atoms with Crippen LogP contribution in [0.15, 0.2) is 60.7 Å². The second-order valence-electron chi connectivity index (χ2n) is 6.16. The second-order valence-corrected chi connectivity index (χ2v) is 6.60. The molecule has 6 heteroatoms. The van der Waals surface area contributed by atoms with Crippen molar-refractivity contribution in [3.63, 3.8) is 0 Å². The highest BCUT2D eigenvalue weighted by Gasteiger charge is 2.19. The van der Waals surface area contributed by atoms with Gasteiger partial charge in [-0.1, -0.05) is 48.0 Å². The first-order chi connectivity index (χ1) is 12.9. The van der Waals surface area contributed by atoms with Gasteiger partial charge in [0.2, 0.25) is 0 Å². The lowest BCUT2D eigenvalue weighted by atomic mass is 9.94. The predicted octanol–water partition coefficient (Wildman–Crippen LogP) is 4.09. The molecule has 2 rings (SSSR count). The average Bonchev–Trinajstić information content (AvgIpc) is 2.64. The number of hydrogen-bond donors (Lipinski definition) is 2. The number of rotatable bonds is 9. The van der Waals surface area contributed by atoms with Gasteiger partial charge in [-0.2, -0.15) is 0 Å². The van der Waals surface area contributed by atoms with Crippen LogP contribution in [0.1, 0.15) is 11.1 Å². The fraction of sp³-hybridized carbons (Fsp3) is 0.238. The van der Waals surface area contributed by atoms with Gasteiger partial charge in [0, 0.05) is 5.02 Å². The molecule has 0 aliphatic heterocycles. The van der Waals surface area contributed by atoms with Crippen LogP contribution >= 0.6 is 11.6 Å². The monoisotopic (exact) mass is 388 g/mol. The molecule has 27 heavy (non-hydrogen) atoms. The third-order valence-electron chi connectivity index (χ3n) is 4.17. The van der Waals surface area contributed by atoms with E-state index in [1.54, 1.807) is 55.6 Å². The van der Waals surface area contributed by atoms with Gasteiger partial charge in [-0.05, 0) is 48.2 Å². The Bertz CT molecular complexity index is 814. The van der Waals surface area contributed by atoms with Crippen molar-refractivity contribution in [1.29, 1.82) is 0 Å². The Morgan fingerprint density at radius 2 is 1.52 bits per heavy atom. The molecule has 0 amide bonds. The van der Waals surface area contributed by atoms with Gasteiger partial charge in [0.15, 0.2) is 0 Å². The van der Waals surface area contributed by atoms with E-state index in [1.165, 1.54) is 12.2 Å². The molecule has 2 aromatic rings. The summed E-state index contributed by atoms with van der Waals surface area (Å²) in [6.07, 6.45) is 3.40. The van der Waals surface area contributed by atoms with E-state index in [1.807, 2.05) is 0 Å². The first-order valence-corrected chi connectivity index (χ1v) is 8.78. The van der Waals surface area contributed by atoms with Gasteiger partial charge in [-0.3, -0.25) is 9.59 Å². The first kappa shape index (κ1) is 20.5. The fourth-order valence-electron chi connectivity index (χ4n) is 2.68.